The predicted octanol–water partition coefficient (Wildman–Crippen LogP) is 4.51. The van der Waals surface area contributed by atoms with Crippen LogP contribution in [0.4, 0.5) is 26.3 Å². The van der Waals surface area contributed by atoms with E-state index in [1.54, 1.807) is 0 Å². The van der Waals surface area contributed by atoms with Crippen LogP contribution in [0.25, 0.3) is 5.57 Å². The average Bonchev–Trinajstić information content (AvgIpc) is 2.14. The Morgan fingerprint density at radius 1 is 1.12 bits per heavy atom. The van der Waals surface area contributed by atoms with E-state index >= 15 is 0 Å². The van der Waals surface area contributed by atoms with Gasteiger partial charge in [-0.1, -0.05) is 18.7 Å². The van der Waals surface area contributed by atoms with E-state index < -0.39 is 23.5 Å². The molecule has 94 valence electrons. The number of halogens is 6. The van der Waals surface area contributed by atoms with Crippen molar-refractivity contribution < 1.29 is 26.3 Å². The van der Waals surface area contributed by atoms with Crippen LogP contribution in [0.3, 0.4) is 0 Å². The van der Waals surface area contributed by atoms with E-state index in [0.29, 0.717) is 6.07 Å². The fourth-order valence-corrected chi connectivity index (χ4v) is 1.22. The molecule has 0 saturated carbocycles. The second-order valence-corrected chi connectivity index (χ2v) is 3.55. The quantitative estimate of drug-likeness (QED) is 0.681. The second kappa shape index (κ2) is 4.09. The highest BCUT2D eigenvalue weighted by Crippen LogP contribution is 2.44. The van der Waals surface area contributed by atoms with Gasteiger partial charge in [-0.05, 0) is 18.6 Å². The molecule has 0 heterocycles. The van der Waals surface area contributed by atoms with Gasteiger partial charge in [-0.3, -0.25) is 0 Å². The summed E-state index contributed by atoms with van der Waals surface area (Å²) in [6.45, 7) is 4.79. The van der Waals surface area contributed by atoms with Gasteiger partial charge in [-0.25, -0.2) is 4.39 Å². The van der Waals surface area contributed by atoms with Crippen LogP contribution in [0.2, 0.25) is 0 Å². The van der Waals surface area contributed by atoms with Crippen molar-refractivity contribution in [2.75, 3.05) is 0 Å². The van der Waals surface area contributed by atoms with E-state index in [-0.39, 0.29) is 17.2 Å². The zero-order valence-electron chi connectivity index (χ0n) is 8.71. The van der Waals surface area contributed by atoms with E-state index in [0.717, 1.165) is 6.07 Å². The van der Waals surface area contributed by atoms with Crippen LogP contribution < -0.4 is 0 Å². The Kier molecular flexibility index (Phi) is 3.27. The topological polar surface area (TPSA) is 0 Å². The summed E-state index contributed by atoms with van der Waals surface area (Å²) < 4.78 is 75.0. The lowest BCUT2D eigenvalue weighted by molar-refractivity contribution is -0.289. The molecule has 0 nitrogen and oxygen atoms in total. The van der Waals surface area contributed by atoms with Gasteiger partial charge in [0, 0.05) is 11.1 Å². The van der Waals surface area contributed by atoms with E-state index in [9.17, 15) is 26.3 Å². The number of allylic oxidation sites excluding steroid dienone is 1. The van der Waals surface area contributed by atoms with Crippen molar-refractivity contribution in [1.82, 2.24) is 0 Å². The third-order valence-electron chi connectivity index (χ3n) is 2.15. The van der Waals surface area contributed by atoms with E-state index in [4.69, 9.17) is 0 Å². The van der Waals surface area contributed by atoms with Crippen LogP contribution in [0, 0.1) is 5.82 Å². The lowest BCUT2D eigenvalue weighted by atomic mass is 10.0. The maximum Gasteiger partial charge on any atom is 0.458 e. The predicted molar refractivity (Wildman–Crippen MR) is 51.1 cm³/mol. The van der Waals surface area contributed by atoms with Crippen LogP contribution in [-0.4, -0.2) is 6.18 Å². The molecule has 6 heteroatoms. The minimum Gasteiger partial charge on any atom is -0.206 e. The SMILES string of the molecule is C=C(C)c1ccc(C(F)(F)C(F)(F)F)cc1F. The Bertz CT molecular complexity index is 444. The van der Waals surface area contributed by atoms with Crippen LogP contribution >= 0.6 is 0 Å². The van der Waals surface area contributed by atoms with Crippen molar-refractivity contribution in [3.63, 3.8) is 0 Å². The molecule has 1 aromatic rings. The highest BCUT2D eigenvalue weighted by Gasteiger charge is 2.58. The summed E-state index contributed by atoms with van der Waals surface area (Å²) in [6, 6.07) is 1.57. The maximum atomic E-state index is 13.3. The van der Waals surface area contributed by atoms with Crippen LogP contribution in [0.1, 0.15) is 18.1 Å². The molecule has 0 aliphatic heterocycles. The Morgan fingerprint density at radius 3 is 2.00 bits per heavy atom. The number of hydrogen-bond donors (Lipinski definition) is 0. The van der Waals surface area contributed by atoms with Crippen molar-refractivity contribution in [2.45, 2.75) is 19.0 Å². The highest BCUT2D eigenvalue weighted by atomic mass is 19.4. The zero-order valence-corrected chi connectivity index (χ0v) is 8.71. The summed E-state index contributed by atoms with van der Waals surface area (Å²) in [4.78, 5) is 0. The largest absolute Gasteiger partial charge is 0.458 e. The maximum absolute atomic E-state index is 13.3. The fraction of sp³-hybridized carbons (Fsp3) is 0.273. The van der Waals surface area contributed by atoms with Gasteiger partial charge in [-0.15, -0.1) is 0 Å². The van der Waals surface area contributed by atoms with Crippen LogP contribution in [0.15, 0.2) is 24.8 Å². The Morgan fingerprint density at radius 2 is 1.65 bits per heavy atom. The highest BCUT2D eigenvalue weighted by molar-refractivity contribution is 5.62. The number of rotatable bonds is 2. The summed E-state index contributed by atoms with van der Waals surface area (Å²) >= 11 is 0. The van der Waals surface area contributed by atoms with Gasteiger partial charge < -0.3 is 0 Å². The summed E-state index contributed by atoms with van der Waals surface area (Å²) in [7, 11) is 0. The minimum atomic E-state index is -5.75. The van der Waals surface area contributed by atoms with Crippen molar-refractivity contribution >= 4 is 5.57 Å². The van der Waals surface area contributed by atoms with Gasteiger partial charge in [0.2, 0.25) is 0 Å². The molecule has 0 radical (unpaired) electrons. The first-order valence-corrected chi connectivity index (χ1v) is 4.48. The van der Waals surface area contributed by atoms with Crippen molar-refractivity contribution in [3.05, 3.63) is 41.7 Å². The molecule has 0 fully saturated rings. The van der Waals surface area contributed by atoms with E-state index in [1.165, 1.54) is 6.92 Å². The van der Waals surface area contributed by atoms with Crippen molar-refractivity contribution in [3.8, 4) is 0 Å². The first kappa shape index (κ1) is 13.6. The first-order valence-electron chi connectivity index (χ1n) is 4.48. The molecule has 0 bridgehead atoms. The van der Waals surface area contributed by atoms with Crippen LogP contribution in [0.5, 0.6) is 0 Å². The standard InChI is InChI=1S/C11H8F6/c1-6(2)8-4-3-7(5-9(8)12)10(13,14)11(15,16)17/h3-5H,1H2,2H3. The molecule has 0 amide bonds. The van der Waals surface area contributed by atoms with E-state index in [2.05, 4.69) is 6.58 Å². The summed E-state index contributed by atoms with van der Waals surface area (Å²) in [5.41, 5.74) is -1.27. The average molecular weight is 254 g/mol. The molecule has 0 N–H and O–H groups in total. The lowest BCUT2D eigenvalue weighted by Crippen LogP contribution is -2.33. The fourth-order valence-electron chi connectivity index (χ4n) is 1.22. The molecule has 0 saturated heterocycles. The van der Waals surface area contributed by atoms with Gasteiger partial charge >= 0.3 is 12.1 Å². The van der Waals surface area contributed by atoms with Gasteiger partial charge in [0.05, 0.1) is 0 Å². The van der Waals surface area contributed by atoms with Gasteiger partial charge in [-0.2, -0.15) is 22.0 Å². The smallest absolute Gasteiger partial charge is 0.206 e. The summed E-state index contributed by atoms with van der Waals surface area (Å²) in [5, 5.41) is 0. The third-order valence-corrected chi connectivity index (χ3v) is 2.15. The van der Waals surface area contributed by atoms with Gasteiger partial charge in [0.15, 0.2) is 0 Å². The number of benzene rings is 1. The van der Waals surface area contributed by atoms with Crippen molar-refractivity contribution in [1.29, 1.82) is 0 Å². The molecule has 0 atom stereocenters. The molecule has 0 aromatic heterocycles. The molecule has 0 aliphatic carbocycles. The van der Waals surface area contributed by atoms with Crippen LogP contribution in [-0.2, 0) is 5.92 Å². The van der Waals surface area contributed by atoms with Gasteiger partial charge in [0.1, 0.15) is 5.82 Å². The third kappa shape index (κ3) is 2.45. The molecule has 0 unspecified atom stereocenters. The Balaban J connectivity index is 3.28. The molecular weight excluding hydrogens is 246 g/mol. The first-order chi connectivity index (χ1) is 7.57. The minimum absolute atomic E-state index is 0.0910. The number of alkyl halides is 5. The Labute approximate surface area is 93.6 Å². The lowest BCUT2D eigenvalue weighted by Gasteiger charge is -2.20. The summed E-state index contributed by atoms with van der Waals surface area (Å²) in [6.07, 6.45) is -5.75. The monoisotopic (exact) mass is 254 g/mol. The molecular formula is C11H8F6. The molecule has 1 rings (SSSR count). The molecule has 17 heavy (non-hydrogen) atoms. The normalized spacial score (nSPS) is 12.6. The molecule has 0 aliphatic rings. The number of hydrogen-bond acceptors (Lipinski definition) is 0. The van der Waals surface area contributed by atoms with Crippen molar-refractivity contribution in [2.24, 2.45) is 0 Å². The zero-order chi connectivity index (χ0) is 13.4. The van der Waals surface area contributed by atoms with Gasteiger partial charge in [0.25, 0.3) is 0 Å². The summed E-state index contributed by atoms with van der Waals surface area (Å²) in [5.74, 6) is -6.22. The second-order valence-electron chi connectivity index (χ2n) is 3.55. The van der Waals surface area contributed by atoms with E-state index in [1.807, 2.05) is 0 Å². The Hall–Kier alpha value is -1.46. The molecule has 0 spiro atoms. The molecule has 1 aromatic carbocycles.